The average Bonchev–Trinajstić information content (AvgIpc) is 2.45. The van der Waals surface area contributed by atoms with E-state index < -0.39 is 0 Å². The van der Waals surface area contributed by atoms with E-state index in [2.05, 4.69) is 6.07 Å². The van der Waals surface area contributed by atoms with Crippen molar-refractivity contribution in [2.75, 3.05) is 32.9 Å². The molecule has 0 aliphatic carbocycles. The summed E-state index contributed by atoms with van der Waals surface area (Å²) in [5.74, 6) is 0.926. The Bertz CT molecular complexity index is 361. The number of para-hydroxylation sites is 1. The quantitative estimate of drug-likeness (QED) is 0.741. The monoisotopic (exact) mass is 248 g/mol. The SMILES string of the molecule is O=C(CCCOc1[c]cccc1)N1CCOCC1. The Labute approximate surface area is 107 Å². The fourth-order valence-electron chi connectivity index (χ4n) is 1.84. The molecule has 0 atom stereocenters. The molecule has 2 rings (SSSR count). The lowest BCUT2D eigenvalue weighted by Gasteiger charge is -2.26. The number of carbonyl (C=O) groups is 1. The molecule has 0 N–H and O–H groups in total. The van der Waals surface area contributed by atoms with Crippen molar-refractivity contribution in [1.82, 2.24) is 4.90 Å². The van der Waals surface area contributed by atoms with Crippen LogP contribution in [0.25, 0.3) is 0 Å². The van der Waals surface area contributed by atoms with Crippen molar-refractivity contribution in [3.8, 4) is 5.75 Å². The number of morpholine rings is 1. The highest BCUT2D eigenvalue weighted by atomic mass is 16.5. The molecule has 0 bridgehead atoms. The molecule has 0 saturated carbocycles. The maximum absolute atomic E-state index is 11.8. The molecule has 1 aliphatic heterocycles. The molecule has 0 spiro atoms. The van der Waals surface area contributed by atoms with Gasteiger partial charge >= 0.3 is 0 Å². The zero-order valence-corrected chi connectivity index (χ0v) is 10.4. The van der Waals surface area contributed by atoms with Crippen molar-refractivity contribution in [3.05, 3.63) is 30.3 Å². The van der Waals surface area contributed by atoms with E-state index in [1.54, 1.807) is 0 Å². The van der Waals surface area contributed by atoms with E-state index in [-0.39, 0.29) is 5.91 Å². The maximum Gasteiger partial charge on any atom is 0.222 e. The summed E-state index contributed by atoms with van der Waals surface area (Å²) in [5, 5.41) is 0. The minimum atomic E-state index is 0.193. The summed E-state index contributed by atoms with van der Waals surface area (Å²) in [7, 11) is 0. The summed E-state index contributed by atoms with van der Waals surface area (Å²) in [6.45, 7) is 3.29. The van der Waals surface area contributed by atoms with E-state index >= 15 is 0 Å². The first-order valence-corrected chi connectivity index (χ1v) is 6.31. The van der Waals surface area contributed by atoms with Gasteiger partial charge in [-0.1, -0.05) is 18.2 Å². The molecule has 1 heterocycles. The van der Waals surface area contributed by atoms with Crippen LogP contribution in [0.3, 0.4) is 0 Å². The second-order valence-corrected chi connectivity index (χ2v) is 4.17. The first kappa shape index (κ1) is 12.9. The van der Waals surface area contributed by atoms with Gasteiger partial charge in [0.1, 0.15) is 5.75 Å². The van der Waals surface area contributed by atoms with Crippen LogP contribution in [0, 0.1) is 6.07 Å². The van der Waals surface area contributed by atoms with Gasteiger partial charge < -0.3 is 14.4 Å². The topological polar surface area (TPSA) is 38.8 Å². The van der Waals surface area contributed by atoms with E-state index in [4.69, 9.17) is 9.47 Å². The summed E-state index contributed by atoms with van der Waals surface area (Å²) in [4.78, 5) is 13.7. The molecular formula is C14H18NO3. The molecule has 1 radical (unpaired) electrons. The van der Waals surface area contributed by atoms with Crippen LogP contribution in [0.4, 0.5) is 0 Å². The molecule has 1 aliphatic rings. The van der Waals surface area contributed by atoms with E-state index in [0.29, 0.717) is 39.3 Å². The van der Waals surface area contributed by atoms with Crippen LogP contribution in [-0.2, 0) is 9.53 Å². The molecule has 1 aromatic rings. The third-order valence-corrected chi connectivity index (χ3v) is 2.84. The van der Waals surface area contributed by atoms with Gasteiger partial charge in [-0.25, -0.2) is 0 Å². The zero-order valence-electron chi connectivity index (χ0n) is 10.4. The zero-order chi connectivity index (χ0) is 12.6. The molecule has 4 heteroatoms. The second-order valence-electron chi connectivity index (χ2n) is 4.17. The molecule has 0 unspecified atom stereocenters. The first-order chi connectivity index (χ1) is 8.86. The Morgan fingerprint density at radius 1 is 1.39 bits per heavy atom. The lowest BCUT2D eigenvalue weighted by molar-refractivity contribution is -0.135. The number of ether oxygens (including phenoxy) is 2. The van der Waals surface area contributed by atoms with E-state index in [1.807, 2.05) is 29.2 Å². The lowest BCUT2D eigenvalue weighted by Crippen LogP contribution is -2.40. The summed E-state index contributed by atoms with van der Waals surface area (Å²) < 4.78 is 10.7. The number of carbonyl (C=O) groups excluding carboxylic acids is 1. The van der Waals surface area contributed by atoms with Gasteiger partial charge in [0.2, 0.25) is 5.91 Å². The Hall–Kier alpha value is -1.55. The highest BCUT2D eigenvalue weighted by Gasteiger charge is 2.15. The summed E-state index contributed by atoms with van der Waals surface area (Å²) in [6, 6.07) is 10.5. The van der Waals surface area contributed by atoms with Crippen molar-refractivity contribution < 1.29 is 14.3 Å². The van der Waals surface area contributed by atoms with Crippen molar-refractivity contribution in [2.24, 2.45) is 0 Å². The number of nitrogens with zero attached hydrogens (tertiary/aromatic N) is 1. The van der Waals surface area contributed by atoms with Crippen molar-refractivity contribution in [3.63, 3.8) is 0 Å². The molecule has 1 amide bonds. The molecular weight excluding hydrogens is 230 g/mol. The van der Waals surface area contributed by atoms with Crippen molar-refractivity contribution in [2.45, 2.75) is 12.8 Å². The van der Waals surface area contributed by atoms with Crippen LogP contribution in [0.1, 0.15) is 12.8 Å². The number of rotatable bonds is 5. The lowest BCUT2D eigenvalue weighted by atomic mass is 10.2. The van der Waals surface area contributed by atoms with Gasteiger partial charge in [-0.3, -0.25) is 4.79 Å². The molecule has 1 fully saturated rings. The average molecular weight is 248 g/mol. The number of benzene rings is 1. The largest absolute Gasteiger partial charge is 0.493 e. The molecule has 18 heavy (non-hydrogen) atoms. The molecule has 4 nitrogen and oxygen atoms in total. The maximum atomic E-state index is 11.8. The number of amides is 1. The van der Waals surface area contributed by atoms with Crippen LogP contribution < -0.4 is 4.74 Å². The Kier molecular flexibility index (Phi) is 5.02. The fraction of sp³-hybridized carbons (Fsp3) is 0.500. The molecule has 1 aromatic carbocycles. The van der Waals surface area contributed by atoms with Crippen LogP contribution >= 0.6 is 0 Å². The first-order valence-electron chi connectivity index (χ1n) is 6.31. The van der Waals surface area contributed by atoms with Gasteiger partial charge in [0.25, 0.3) is 0 Å². The normalized spacial score (nSPS) is 15.4. The molecule has 1 saturated heterocycles. The van der Waals surface area contributed by atoms with Crippen LogP contribution in [0.15, 0.2) is 24.3 Å². The predicted octanol–water partition coefficient (Wildman–Crippen LogP) is 1.50. The Balaban J connectivity index is 1.61. The van der Waals surface area contributed by atoms with Gasteiger partial charge in [0.15, 0.2) is 0 Å². The number of hydrogen-bond donors (Lipinski definition) is 0. The second kappa shape index (κ2) is 7.01. The van der Waals surface area contributed by atoms with E-state index in [0.717, 1.165) is 12.2 Å². The minimum Gasteiger partial charge on any atom is -0.493 e. The van der Waals surface area contributed by atoms with Gasteiger partial charge in [0.05, 0.1) is 19.8 Å². The summed E-state index contributed by atoms with van der Waals surface area (Å²) in [6.07, 6.45) is 1.27. The van der Waals surface area contributed by atoms with Crippen LogP contribution in [0.5, 0.6) is 5.75 Å². The smallest absolute Gasteiger partial charge is 0.222 e. The third-order valence-electron chi connectivity index (χ3n) is 2.84. The van der Waals surface area contributed by atoms with Gasteiger partial charge in [-0.2, -0.15) is 0 Å². The highest BCUT2D eigenvalue weighted by Crippen LogP contribution is 2.08. The van der Waals surface area contributed by atoms with Crippen LogP contribution in [-0.4, -0.2) is 43.7 Å². The van der Waals surface area contributed by atoms with Gasteiger partial charge in [-0.05, 0) is 12.5 Å². The standard InChI is InChI=1S/C14H18NO3/c16-14(15-8-11-17-12-9-15)7-4-10-18-13-5-2-1-3-6-13/h1-3,5H,4,7-12H2. The summed E-state index contributed by atoms with van der Waals surface area (Å²) >= 11 is 0. The number of hydrogen-bond acceptors (Lipinski definition) is 3. The van der Waals surface area contributed by atoms with E-state index in [1.165, 1.54) is 0 Å². The molecule has 97 valence electrons. The van der Waals surface area contributed by atoms with Crippen molar-refractivity contribution in [1.29, 1.82) is 0 Å². The van der Waals surface area contributed by atoms with E-state index in [9.17, 15) is 4.79 Å². The highest BCUT2D eigenvalue weighted by molar-refractivity contribution is 5.76. The van der Waals surface area contributed by atoms with Crippen LogP contribution in [0.2, 0.25) is 0 Å². The third kappa shape index (κ3) is 4.04. The Morgan fingerprint density at radius 3 is 2.94 bits per heavy atom. The van der Waals surface area contributed by atoms with Gasteiger partial charge in [-0.15, -0.1) is 0 Å². The summed E-state index contributed by atoms with van der Waals surface area (Å²) in [5.41, 5.74) is 0. The van der Waals surface area contributed by atoms with Gasteiger partial charge in [0, 0.05) is 25.6 Å². The van der Waals surface area contributed by atoms with Crippen molar-refractivity contribution >= 4 is 5.91 Å². The minimum absolute atomic E-state index is 0.193. The molecule has 0 aromatic heterocycles. The predicted molar refractivity (Wildman–Crippen MR) is 67.4 cm³/mol. The fourth-order valence-corrected chi connectivity index (χ4v) is 1.84. The Morgan fingerprint density at radius 2 is 2.22 bits per heavy atom.